The van der Waals surface area contributed by atoms with E-state index in [9.17, 15) is 0 Å². The van der Waals surface area contributed by atoms with E-state index in [4.69, 9.17) is 0 Å². The molecule has 0 aromatic carbocycles. The topological polar surface area (TPSA) is 12.0 Å². The van der Waals surface area contributed by atoms with E-state index in [1.807, 2.05) is 0 Å². The van der Waals surface area contributed by atoms with Gasteiger partial charge in [0.1, 0.15) is 0 Å². The smallest absolute Gasteiger partial charge is 0.0209 e. The molecule has 2 aliphatic rings. The zero-order valence-corrected chi connectivity index (χ0v) is 11.3. The van der Waals surface area contributed by atoms with Gasteiger partial charge in [-0.05, 0) is 42.3 Å². The van der Waals surface area contributed by atoms with Gasteiger partial charge < -0.3 is 5.32 Å². The van der Waals surface area contributed by atoms with Gasteiger partial charge in [0.05, 0.1) is 0 Å². The van der Waals surface area contributed by atoms with Gasteiger partial charge in [-0.2, -0.15) is 11.8 Å². The second-order valence-corrected chi connectivity index (χ2v) is 7.25. The Hall–Kier alpha value is 0.310. The zero-order chi connectivity index (χ0) is 10.9. The molecule has 1 aliphatic carbocycles. The largest absolute Gasteiger partial charge is 0.312 e. The maximum absolute atomic E-state index is 3.84. The number of hydrogen-bond acceptors (Lipinski definition) is 2. The molecule has 1 nitrogen and oxygen atoms in total. The summed E-state index contributed by atoms with van der Waals surface area (Å²) in [6.45, 7) is 8.46. The van der Waals surface area contributed by atoms with Crippen molar-refractivity contribution in [1.29, 1.82) is 0 Å². The van der Waals surface area contributed by atoms with Crippen molar-refractivity contribution in [2.75, 3.05) is 18.1 Å². The second-order valence-electron chi connectivity index (χ2n) is 6.10. The van der Waals surface area contributed by atoms with Crippen LogP contribution in [0.3, 0.4) is 0 Å². The highest BCUT2D eigenvalue weighted by Gasteiger charge is 2.42. The first-order chi connectivity index (χ1) is 7.08. The fourth-order valence-electron chi connectivity index (χ4n) is 2.44. The standard InChI is InChI=1S/C13H25NS/c1-4-13(5-6-13)10-14-11-9-15-8-7-12(11,2)3/h11,14H,4-10H2,1-3H3. The molecule has 1 atom stereocenters. The first-order valence-electron chi connectivity index (χ1n) is 6.39. The summed E-state index contributed by atoms with van der Waals surface area (Å²) in [6.07, 6.45) is 5.64. The van der Waals surface area contributed by atoms with Crippen molar-refractivity contribution in [3.63, 3.8) is 0 Å². The third-order valence-corrected chi connectivity index (χ3v) is 5.61. The van der Waals surface area contributed by atoms with Crippen LogP contribution in [-0.4, -0.2) is 24.1 Å². The van der Waals surface area contributed by atoms with Crippen LogP contribution in [0.25, 0.3) is 0 Å². The predicted octanol–water partition coefficient (Wildman–Crippen LogP) is 3.30. The third kappa shape index (κ3) is 2.71. The van der Waals surface area contributed by atoms with Crippen molar-refractivity contribution in [3.8, 4) is 0 Å². The van der Waals surface area contributed by atoms with Gasteiger partial charge in [0.2, 0.25) is 0 Å². The van der Waals surface area contributed by atoms with E-state index < -0.39 is 0 Å². The first-order valence-corrected chi connectivity index (χ1v) is 7.55. The van der Waals surface area contributed by atoms with Crippen molar-refractivity contribution in [1.82, 2.24) is 5.32 Å². The molecule has 2 fully saturated rings. The number of rotatable bonds is 4. The quantitative estimate of drug-likeness (QED) is 0.791. The Morgan fingerprint density at radius 1 is 1.27 bits per heavy atom. The van der Waals surface area contributed by atoms with E-state index in [2.05, 4.69) is 37.8 Å². The highest BCUT2D eigenvalue weighted by Crippen LogP contribution is 2.48. The van der Waals surface area contributed by atoms with Crippen molar-refractivity contribution >= 4 is 11.8 Å². The highest BCUT2D eigenvalue weighted by molar-refractivity contribution is 7.99. The minimum absolute atomic E-state index is 0.509. The van der Waals surface area contributed by atoms with Crippen LogP contribution < -0.4 is 5.32 Å². The Balaban J connectivity index is 1.82. The van der Waals surface area contributed by atoms with Crippen LogP contribution in [0.4, 0.5) is 0 Å². The Morgan fingerprint density at radius 2 is 2.00 bits per heavy atom. The molecule has 1 saturated carbocycles. The molecule has 0 amide bonds. The summed E-state index contributed by atoms with van der Waals surface area (Å²) >= 11 is 2.12. The molecule has 1 heterocycles. The van der Waals surface area contributed by atoms with Gasteiger partial charge in [-0.15, -0.1) is 0 Å². The lowest BCUT2D eigenvalue weighted by atomic mass is 9.82. The molecule has 0 radical (unpaired) electrons. The number of thioether (sulfide) groups is 1. The van der Waals surface area contributed by atoms with Crippen LogP contribution in [0.15, 0.2) is 0 Å². The van der Waals surface area contributed by atoms with Gasteiger partial charge >= 0.3 is 0 Å². The van der Waals surface area contributed by atoms with Crippen LogP contribution in [-0.2, 0) is 0 Å². The summed E-state index contributed by atoms with van der Waals surface area (Å²) in [4.78, 5) is 0. The summed E-state index contributed by atoms with van der Waals surface area (Å²) in [5.74, 6) is 2.66. The van der Waals surface area contributed by atoms with E-state index in [0.29, 0.717) is 10.8 Å². The zero-order valence-electron chi connectivity index (χ0n) is 10.4. The molecule has 88 valence electrons. The van der Waals surface area contributed by atoms with E-state index in [0.717, 1.165) is 6.04 Å². The van der Waals surface area contributed by atoms with Gasteiger partial charge in [0.25, 0.3) is 0 Å². The fraction of sp³-hybridized carbons (Fsp3) is 1.00. The van der Waals surface area contributed by atoms with Crippen molar-refractivity contribution in [2.45, 2.75) is 52.5 Å². The molecule has 1 unspecified atom stereocenters. The molecule has 0 bridgehead atoms. The maximum Gasteiger partial charge on any atom is 0.0209 e. The van der Waals surface area contributed by atoms with E-state index in [-0.39, 0.29) is 0 Å². The first kappa shape index (κ1) is 11.8. The fourth-order valence-corrected chi connectivity index (χ4v) is 4.09. The Labute approximate surface area is 98.8 Å². The summed E-state index contributed by atoms with van der Waals surface area (Å²) in [5.41, 5.74) is 1.20. The number of nitrogens with one attached hydrogen (secondary N) is 1. The molecule has 0 spiro atoms. The predicted molar refractivity (Wildman–Crippen MR) is 69.5 cm³/mol. The van der Waals surface area contributed by atoms with Crippen LogP contribution in [0.2, 0.25) is 0 Å². The molecule has 15 heavy (non-hydrogen) atoms. The Kier molecular flexibility index (Phi) is 3.37. The van der Waals surface area contributed by atoms with E-state index in [1.165, 1.54) is 43.7 Å². The van der Waals surface area contributed by atoms with Crippen molar-refractivity contribution in [2.24, 2.45) is 10.8 Å². The maximum atomic E-state index is 3.84. The summed E-state index contributed by atoms with van der Waals surface area (Å²) in [7, 11) is 0. The molecule has 1 saturated heterocycles. The highest BCUT2D eigenvalue weighted by atomic mass is 32.2. The molecule has 0 aromatic rings. The lowest BCUT2D eigenvalue weighted by Gasteiger charge is -2.39. The van der Waals surface area contributed by atoms with Gasteiger partial charge in [0.15, 0.2) is 0 Å². The van der Waals surface area contributed by atoms with Crippen molar-refractivity contribution in [3.05, 3.63) is 0 Å². The summed E-state index contributed by atoms with van der Waals surface area (Å²) in [6, 6.07) is 0.736. The molecule has 2 heteroatoms. The van der Waals surface area contributed by atoms with E-state index >= 15 is 0 Å². The minimum atomic E-state index is 0.509. The van der Waals surface area contributed by atoms with Crippen molar-refractivity contribution < 1.29 is 0 Å². The van der Waals surface area contributed by atoms with Gasteiger partial charge in [-0.25, -0.2) is 0 Å². The Morgan fingerprint density at radius 3 is 2.53 bits per heavy atom. The molecule has 2 rings (SSSR count). The lowest BCUT2D eigenvalue weighted by Crippen LogP contribution is -2.48. The monoisotopic (exact) mass is 227 g/mol. The molecule has 0 aromatic heterocycles. The second kappa shape index (κ2) is 4.29. The average molecular weight is 227 g/mol. The molecule has 1 N–H and O–H groups in total. The summed E-state index contributed by atoms with van der Waals surface area (Å²) in [5, 5.41) is 3.84. The Bertz CT molecular complexity index is 221. The average Bonchev–Trinajstić information content (AvgIpc) is 2.96. The minimum Gasteiger partial charge on any atom is -0.312 e. The van der Waals surface area contributed by atoms with Gasteiger partial charge in [0, 0.05) is 18.3 Å². The third-order valence-electron chi connectivity index (χ3n) is 4.55. The molecular weight excluding hydrogens is 202 g/mol. The van der Waals surface area contributed by atoms with Gasteiger partial charge in [-0.3, -0.25) is 0 Å². The van der Waals surface area contributed by atoms with Crippen LogP contribution in [0, 0.1) is 10.8 Å². The van der Waals surface area contributed by atoms with Crippen LogP contribution in [0.1, 0.15) is 46.5 Å². The van der Waals surface area contributed by atoms with Crippen LogP contribution >= 0.6 is 11.8 Å². The normalized spacial score (nSPS) is 32.6. The molecule has 1 aliphatic heterocycles. The van der Waals surface area contributed by atoms with Gasteiger partial charge in [-0.1, -0.05) is 20.8 Å². The van der Waals surface area contributed by atoms with E-state index in [1.54, 1.807) is 0 Å². The number of hydrogen-bond donors (Lipinski definition) is 1. The lowest BCUT2D eigenvalue weighted by molar-refractivity contribution is 0.232. The summed E-state index contributed by atoms with van der Waals surface area (Å²) < 4.78 is 0. The molecular formula is C13H25NS. The van der Waals surface area contributed by atoms with Crippen LogP contribution in [0.5, 0.6) is 0 Å². The SMILES string of the molecule is CCC1(CNC2CSCCC2(C)C)CC1.